The predicted molar refractivity (Wildman–Crippen MR) is 109 cm³/mol. The predicted octanol–water partition coefficient (Wildman–Crippen LogP) is 1.67. The minimum atomic E-state index is -0.537. The van der Waals surface area contributed by atoms with Crippen LogP contribution in [0.2, 0.25) is 0 Å². The summed E-state index contributed by atoms with van der Waals surface area (Å²) in [7, 11) is 1.55. The molecule has 0 unspecified atom stereocenters. The first-order valence-electron chi connectivity index (χ1n) is 9.38. The maximum atomic E-state index is 12.4. The molecule has 0 bridgehead atoms. The molecule has 1 aromatic rings. The summed E-state index contributed by atoms with van der Waals surface area (Å²) < 4.78 is 5.05. The SMILES string of the molecule is COCCN(CC(=O)NC(=O)NCC(C)C)CC(=O)Nc1cccc(C)c1C. The average Bonchev–Trinajstić information content (AvgIpc) is 2.61. The molecule has 156 valence electrons. The van der Waals surface area contributed by atoms with Crippen molar-refractivity contribution in [3.63, 3.8) is 0 Å². The minimum absolute atomic E-state index is 0.0117. The quantitative estimate of drug-likeness (QED) is 0.562. The molecule has 0 fully saturated rings. The van der Waals surface area contributed by atoms with E-state index in [0.29, 0.717) is 19.7 Å². The zero-order chi connectivity index (χ0) is 21.1. The average molecular weight is 393 g/mol. The second-order valence-electron chi connectivity index (χ2n) is 7.15. The Morgan fingerprint density at radius 1 is 1.11 bits per heavy atom. The van der Waals surface area contributed by atoms with Crippen molar-refractivity contribution in [3.8, 4) is 0 Å². The van der Waals surface area contributed by atoms with Crippen LogP contribution in [0.1, 0.15) is 25.0 Å². The molecule has 0 saturated heterocycles. The fourth-order valence-corrected chi connectivity index (χ4v) is 2.42. The molecule has 1 aromatic carbocycles. The molecule has 0 aliphatic heterocycles. The van der Waals surface area contributed by atoms with E-state index in [9.17, 15) is 14.4 Å². The van der Waals surface area contributed by atoms with Gasteiger partial charge in [-0.15, -0.1) is 0 Å². The molecule has 0 heterocycles. The highest BCUT2D eigenvalue weighted by molar-refractivity contribution is 5.96. The van der Waals surface area contributed by atoms with Crippen molar-refractivity contribution in [3.05, 3.63) is 29.3 Å². The molecular weight excluding hydrogens is 360 g/mol. The van der Waals surface area contributed by atoms with Gasteiger partial charge in [-0.3, -0.25) is 19.8 Å². The van der Waals surface area contributed by atoms with Crippen LogP contribution >= 0.6 is 0 Å². The van der Waals surface area contributed by atoms with Gasteiger partial charge in [0.1, 0.15) is 0 Å². The third-order valence-corrected chi connectivity index (χ3v) is 4.15. The van der Waals surface area contributed by atoms with Crippen LogP contribution in [-0.2, 0) is 14.3 Å². The van der Waals surface area contributed by atoms with Crippen LogP contribution < -0.4 is 16.0 Å². The Hall–Kier alpha value is -2.45. The van der Waals surface area contributed by atoms with Crippen LogP contribution in [0.5, 0.6) is 0 Å². The smallest absolute Gasteiger partial charge is 0.321 e. The van der Waals surface area contributed by atoms with Crippen LogP contribution in [0.4, 0.5) is 10.5 Å². The summed E-state index contributed by atoms with van der Waals surface area (Å²) in [5.74, 6) is -0.424. The Morgan fingerprint density at radius 2 is 1.79 bits per heavy atom. The van der Waals surface area contributed by atoms with Gasteiger partial charge in [0, 0.05) is 25.9 Å². The summed E-state index contributed by atoms with van der Waals surface area (Å²) in [4.78, 5) is 37.9. The Labute approximate surface area is 167 Å². The van der Waals surface area contributed by atoms with Gasteiger partial charge in [0.25, 0.3) is 0 Å². The van der Waals surface area contributed by atoms with Crippen molar-refractivity contribution in [2.45, 2.75) is 27.7 Å². The van der Waals surface area contributed by atoms with E-state index in [1.807, 2.05) is 45.9 Å². The largest absolute Gasteiger partial charge is 0.383 e. The van der Waals surface area contributed by atoms with E-state index in [2.05, 4.69) is 16.0 Å². The summed E-state index contributed by atoms with van der Waals surface area (Å²) in [6.45, 7) is 9.00. The van der Waals surface area contributed by atoms with E-state index in [-0.39, 0.29) is 24.9 Å². The van der Waals surface area contributed by atoms with Crippen LogP contribution in [0.25, 0.3) is 0 Å². The van der Waals surface area contributed by atoms with Crippen molar-refractivity contribution in [1.29, 1.82) is 0 Å². The molecule has 0 radical (unpaired) electrons. The molecule has 3 N–H and O–H groups in total. The van der Waals surface area contributed by atoms with E-state index in [4.69, 9.17) is 4.74 Å². The lowest BCUT2D eigenvalue weighted by Gasteiger charge is -2.21. The lowest BCUT2D eigenvalue weighted by atomic mass is 10.1. The number of imide groups is 1. The summed E-state index contributed by atoms with van der Waals surface area (Å²) in [5.41, 5.74) is 2.83. The number of methoxy groups -OCH3 is 1. The highest BCUT2D eigenvalue weighted by Gasteiger charge is 2.17. The number of urea groups is 1. The number of hydrogen-bond acceptors (Lipinski definition) is 5. The number of hydrogen-bond donors (Lipinski definition) is 3. The zero-order valence-corrected chi connectivity index (χ0v) is 17.4. The molecule has 1 rings (SSSR count). The van der Waals surface area contributed by atoms with Crippen LogP contribution in [0, 0.1) is 19.8 Å². The normalized spacial score (nSPS) is 10.8. The highest BCUT2D eigenvalue weighted by atomic mass is 16.5. The number of nitrogens with one attached hydrogen (secondary N) is 3. The van der Waals surface area contributed by atoms with Gasteiger partial charge < -0.3 is 15.4 Å². The van der Waals surface area contributed by atoms with Gasteiger partial charge in [0.05, 0.1) is 19.7 Å². The van der Waals surface area contributed by atoms with Gasteiger partial charge >= 0.3 is 6.03 Å². The number of carbonyl (C=O) groups is 3. The molecule has 0 saturated carbocycles. The lowest BCUT2D eigenvalue weighted by molar-refractivity contribution is -0.122. The fraction of sp³-hybridized carbons (Fsp3) is 0.550. The van der Waals surface area contributed by atoms with E-state index in [1.165, 1.54) is 0 Å². The molecule has 28 heavy (non-hydrogen) atoms. The molecule has 0 aliphatic rings. The molecule has 0 atom stereocenters. The fourth-order valence-electron chi connectivity index (χ4n) is 2.42. The van der Waals surface area contributed by atoms with E-state index in [1.54, 1.807) is 12.0 Å². The number of ether oxygens (including phenoxy) is 1. The van der Waals surface area contributed by atoms with Crippen LogP contribution in [-0.4, -0.2) is 62.6 Å². The molecule has 0 aliphatic carbocycles. The number of benzene rings is 1. The monoisotopic (exact) mass is 392 g/mol. The van der Waals surface area contributed by atoms with Crippen molar-refractivity contribution >= 4 is 23.5 Å². The first-order valence-corrected chi connectivity index (χ1v) is 9.38. The molecule has 0 aromatic heterocycles. The van der Waals surface area contributed by atoms with E-state index >= 15 is 0 Å². The van der Waals surface area contributed by atoms with Crippen LogP contribution in [0.3, 0.4) is 0 Å². The van der Waals surface area contributed by atoms with Gasteiger partial charge in [-0.25, -0.2) is 4.79 Å². The van der Waals surface area contributed by atoms with Gasteiger partial charge in [-0.1, -0.05) is 26.0 Å². The van der Waals surface area contributed by atoms with E-state index in [0.717, 1.165) is 16.8 Å². The molecule has 8 heteroatoms. The summed E-state index contributed by atoms with van der Waals surface area (Å²) in [5, 5.41) is 7.77. The number of anilines is 1. The minimum Gasteiger partial charge on any atom is -0.383 e. The highest BCUT2D eigenvalue weighted by Crippen LogP contribution is 2.17. The van der Waals surface area contributed by atoms with Crippen molar-refractivity contribution < 1.29 is 19.1 Å². The number of carbonyl (C=O) groups excluding carboxylic acids is 3. The van der Waals surface area contributed by atoms with Crippen molar-refractivity contribution in [2.24, 2.45) is 5.92 Å². The summed E-state index contributed by atoms with van der Waals surface area (Å²) >= 11 is 0. The number of rotatable bonds is 10. The molecular formula is C20H32N4O4. The Morgan fingerprint density at radius 3 is 2.43 bits per heavy atom. The van der Waals surface area contributed by atoms with Gasteiger partial charge in [0.15, 0.2) is 0 Å². The van der Waals surface area contributed by atoms with Crippen molar-refractivity contribution in [2.75, 3.05) is 45.2 Å². The molecule has 4 amide bonds. The van der Waals surface area contributed by atoms with Gasteiger partial charge in [0.2, 0.25) is 11.8 Å². The van der Waals surface area contributed by atoms with Crippen LogP contribution in [0.15, 0.2) is 18.2 Å². The summed E-state index contributed by atoms with van der Waals surface area (Å²) in [6, 6.07) is 5.16. The number of nitrogens with zero attached hydrogens (tertiary/aromatic N) is 1. The Kier molecular flexibility index (Phi) is 10.2. The maximum absolute atomic E-state index is 12.4. The maximum Gasteiger partial charge on any atom is 0.321 e. The van der Waals surface area contributed by atoms with Gasteiger partial charge in [-0.05, 0) is 37.0 Å². The first-order chi connectivity index (χ1) is 13.2. The number of aryl methyl sites for hydroxylation is 1. The Bertz CT molecular complexity index is 676. The number of amides is 4. The van der Waals surface area contributed by atoms with Gasteiger partial charge in [-0.2, -0.15) is 0 Å². The summed E-state index contributed by atoms with van der Waals surface area (Å²) in [6.07, 6.45) is 0. The second kappa shape index (κ2) is 12.1. The molecule has 8 nitrogen and oxygen atoms in total. The first kappa shape index (κ1) is 23.6. The Balaban J connectivity index is 2.61. The third-order valence-electron chi connectivity index (χ3n) is 4.15. The lowest BCUT2D eigenvalue weighted by Crippen LogP contribution is -2.47. The second-order valence-corrected chi connectivity index (χ2v) is 7.15. The topological polar surface area (TPSA) is 99.8 Å². The zero-order valence-electron chi connectivity index (χ0n) is 17.4. The standard InChI is InChI=1S/C20H32N4O4/c1-14(2)11-21-20(27)23-19(26)13-24(9-10-28-5)12-18(25)22-17-8-6-7-15(3)16(17)4/h6-8,14H,9-13H2,1-5H3,(H,22,25)(H2,21,23,26,27). The molecule has 0 spiro atoms. The third kappa shape index (κ3) is 8.96. The van der Waals surface area contributed by atoms with E-state index < -0.39 is 11.9 Å². The van der Waals surface area contributed by atoms with Crippen molar-refractivity contribution in [1.82, 2.24) is 15.5 Å².